The number of Topliss-reactive ketones (excluding diaryl/α,β-unsaturated/α-hetero) is 1. The minimum atomic E-state index is -0.712. The van der Waals surface area contributed by atoms with Gasteiger partial charge in [0, 0.05) is 30.7 Å². The van der Waals surface area contributed by atoms with E-state index in [1.807, 2.05) is 12.2 Å². The lowest BCUT2D eigenvalue weighted by atomic mass is 9.98. The van der Waals surface area contributed by atoms with Gasteiger partial charge in [0.1, 0.15) is 28.9 Å². The Labute approximate surface area is 145 Å². The van der Waals surface area contributed by atoms with Crippen LogP contribution >= 0.6 is 11.6 Å². The fourth-order valence-corrected chi connectivity index (χ4v) is 2.95. The first-order chi connectivity index (χ1) is 11.4. The highest BCUT2D eigenvalue weighted by Gasteiger charge is 2.23. The van der Waals surface area contributed by atoms with Gasteiger partial charge in [0.2, 0.25) is 0 Å². The summed E-state index contributed by atoms with van der Waals surface area (Å²) in [6.07, 6.45) is 5.53. The zero-order valence-electron chi connectivity index (χ0n) is 13.5. The van der Waals surface area contributed by atoms with E-state index in [0.29, 0.717) is 12.8 Å². The van der Waals surface area contributed by atoms with Gasteiger partial charge >= 0.3 is 5.97 Å². The number of ether oxygens (including phenoxy) is 1. The summed E-state index contributed by atoms with van der Waals surface area (Å²) in [6, 6.07) is 2.36. The van der Waals surface area contributed by atoms with E-state index in [0.717, 1.165) is 12.5 Å². The molecule has 5 nitrogen and oxygen atoms in total. The number of esters is 1. The predicted octanol–water partition coefficient (Wildman–Crippen LogP) is 3.49. The van der Waals surface area contributed by atoms with Crippen molar-refractivity contribution in [2.45, 2.75) is 50.5 Å². The number of carbonyl (C=O) groups excluding carboxylic acids is 2. The second-order valence-electron chi connectivity index (χ2n) is 6.02. The van der Waals surface area contributed by atoms with Gasteiger partial charge in [-0.3, -0.25) is 4.79 Å². The molecule has 0 spiro atoms. The lowest BCUT2D eigenvalue weighted by Gasteiger charge is -2.16. The van der Waals surface area contributed by atoms with Gasteiger partial charge in [-0.25, -0.2) is 4.79 Å². The number of ketones is 1. The summed E-state index contributed by atoms with van der Waals surface area (Å²) in [5.41, 5.74) is 0.159. The van der Waals surface area contributed by atoms with Crippen molar-refractivity contribution >= 4 is 23.4 Å². The molecule has 1 heterocycles. The molecular weight excluding hydrogens is 332 g/mol. The minimum absolute atomic E-state index is 0.0832. The number of aromatic hydroxyl groups is 2. The van der Waals surface area contributed by atoms with Crippen LogP contribution < -0.4 is 0 Å². The van der Waals surface area contributed by atoms with Crippen molar-refractivity contribution in [3.8, 4) is 11.5 Å². The van der Waals surface area contributed by atoms with Crippen LogP contribution in [-0.2, 0) is 16.0 Å². The SMILES string of the molecule is C[C@@H]1CC=CCCC(Cl)CC(=O)Cc2cc(O)cc(O)c2C(=O)O1. The van der Waals surface area contributed by atoms with E-state index >= 15 is 0 Å². The average Bonchev–Trinajstić information content (AvgIpc) is 2.44. The molecule has 1 aromatic rings. The number of hydrogen-bond acceptors (Lipinski definition) is 5. The third-order valence-corrected chi connectivity index (χ3v) is 4.19. The Bertz CT molecular complexity index is 653. The maximum Gasteiger partial charge on any atom is 0.342 e. The van der Waals surface area contributed by atoms with Crippen molar-refractivity contribution in [1.29, 1.82) is 0 Å². The van der Waals surface area contributed by atoms with E-state index < -0.39 is 11.7 Å². The molecule has 0 aromatic heterocycles. The molecule has 0 radical (unpaired) electrons. The number of hydrogen-bond donors (Lipinski definition) is 2. The summed E-state index contributed by atoms with van der Waals surface area (Å²) in [6.45, 7) is 1.75. The van der Waals surface area contributed by atoms with Crippen molar-refractivity contribution in [1.82, 2.24) is 0 Å². The van der Waals surface area contributed by atoms with Crippen LogP contribution in [0.5, 0.6) is 11.5 Å². The number of phenols is 2. The van der Waals surface area contributed by atoms with Gasteiger partial charge in [0.25, 0.3) is 0 Å². The van der Waals surface area contributed by atoms with Crippen molar-refractivity contribution in [3.05, 3.63) is 35.4 Å². The van der Waals surface area contributed by atoms with Crippen LogP contribution in [0.4, 0.5) is 0 Å². The Morgan fingerprint density at radius 2 is 1.96 bits per heavy atom. The van der Waals surface area contributed by atoms with Gasteiger partial charge in [-0.15, -0.1) is 11.6 Å². The summed E-state index contributed by atoms with van der Waals surface area (Å²) in [5, 5.41) is 19.4. The smallest absolute Gasteiger partial charge is 0.342 e. The Balaban J connectivity index is 2.37. The zero-order chi connectivity index (χ0) is 17.7. The van der Waals surface area contributed by atoms with Crippen LogP contribution in [0.1, 0.15) is 48.5 Å². The number of fused-ring (bicyclic) bond motifs is 1. The minimum Gasteiger partial charge on any atom is -0.508 e. The van der Waals surface area contributed by atoms with E-state index in [2.05, 4.69) is 0 Å². The normalized spacial score (nSPS) is 23.2. The molecule has 1 unspecified atom stereocenters. The van der Waals surface area contributed by atoms with Crippen LogP contribution in [0.3, 0.4) is 0 Å². The topological polar surface area (TPSA) is 83.8 Å². The van der Waals surface area contributed by atoms with Gasteiger partial charge < -0.3 is 14.9 Å². The Kier molecular flexibility index (Phi) is 6.26. The molecule has 0 fully saturated rings. The Morgan fingerprint density at radius 1 is 1.21 bits per heavy atom. The van der Waals surface area contributed by atoms with Crippen LogP contribution in [0.15, 0.2) is 24.3 Å². The van der Waals surface area contributed by atoms with Crippen molar-refractivity contribution in [2.24, 2.45) is 0 Å². The lowest BCUT2D eigenvalue weighted by Crippen LogP contribution is -2.18. The molecule has 0 bridgehead atoms. The van der Waals surface area contributed by atoms with E-state index in [9.17, 15) is 19.8 Å². The second-order valence-corrected chi connectivity index (χ2v) is 6.63. The first kappa shape index (κ1) is 18.3. The van der Waals surface area contributed by atoms with Gasteiger partial charge in [-0.05, 0) is 31.4 Å². The van der Waals surface area contributed by atoms with E-state index in [1.165, 1.54) is 6.07 Å². The highest BCUT2D eigenvalue weighted by molar-refractivity contribution is 6.21. The Hall–Kier alpha value is -2.01. The van der Waals surface area contributed by atoms with Gasteiger partial charge in [0.05, 0.1) is 0 Å². The van der Waals surface area contributed by atoms with Crippen molar-refractivity contribution < 1.29 is 24.5 Å². The number of carbonyl (C=O) groups is 2. The van der Waals surface area contributed by atoms with Crippen LogP contribution in [0.25, 0.3) is 0 Å². The van der Waals surface area contributed by atoms with E-state index in [-0.39, 0.29) is 47.0 Å². The van der Waals surface area contributed by atoms with Gasteiger partial charge in [-0.1, -0.05) is 12.2 Å². The second kappa shape index (κ2) is 8.20. The van der Waals surface area contributed by atoms with Crippen molar-refractivity contribution in [2.75, 3.05) is 0 Å². The molecule has 0 saturated heterocycles. The molecule has 0 aliphatic carbocycles. The molecule has 1 aliphatic rings. The highest BCUT2D eigenvalue weighted by atomic mass is 35.5. The molecule has 2 rings (SSSR count). The first-order valence-electron chi connectivity index (χ1n) is 7.93. The van der Waals surface area contributed by atoms with Crippen molar-refractivity contribution in [3.63, 3.8) is 0 Å². The lowest BCUT2D eigenvalue weighted by molar-refractivity contribution is -0.118. The summed E-state index contributed by atoms with van der Waals surface area (Å²) in [4.78, 5) is 24.6. The molecule has 0 saturated carbocycles. The Morgan fingerprint density at radius 3 is 2.71 bits per heavy atom. The fraction of sp³-hybridized carbons (Fsp3) is 0.444. The largest absolute Gasteiger partial charge is 0.508 e. The maximum atomic E-state index is 12.4. The third-order valence-electron chi connectivity index (χ3n) is 3.81. The number of rotatable bonds is 0. The molecule has 0 amide bonds. The molecule has 2 N–H and O–H groups in total. The standard InChI is InChI=1S/C18H21ClO5/c1-11-5-3-2-4-6-13(19)9-14(20)7-12-8-15(21)10-16(22)17(12)18(23)24-11/h2-3,8,10-11,13,21-22H,4-7,9H2,1H3/t11-,13?/m1/s1. The zero-order valence-corrected chi connectivity index (χ0v) is 14.3. The summed E-state index contributed by atoms with van der Waals surface area (Å²) < 4.78 is 5.33. The average molecular weight is 353 g/mol. The van der Waals surface area contributed by atoms with E-state index in [1.54, 1.807) is 6.92 Å². The number of phenolic OH excluding ortho intramolecular Hbond substituents is 2. The molecule has 24 heavy (non-hydrogen) atoms. The predicted molar refractivity (Wildman–Crippen MR) is 90.6 cm³/mol. The number of alkyl halides is 1. The number of cyclic esters (lactones) is 1. The molecule has 2 atom stereocenters. The van der Waals surface area contributed by atoms with Crippen LogP contribution in [0.2, 0.25) is 0 Å². The maximum absolute atomic E-state index is 12.4. The number of halogens is 1. The molecule has 1 aliphatic heterocycles. The highest BCUT2D eigenvalue weighted by Crippen LogP contribution is 2.29. The fourth-order valence-electron chi connectivity index (χ4n) is 2.65. The number of benzene rings is 1. The summed E-state index contributed by atoms with van der Waals surface area (Å²) >= 11 is 6.18. The van der Waals surface area contributed by atoms with Crippen LogP contribution in [0, 0.1) is 0 Å². The monoisotopic (exact) mass is 352 g/mol. The first-order valence-corrected chi connectivity index (χ1v) is 8.37. The number of allylic oxidation sites excluding steroid dienone is 1. The third kappa shape index (κ3) is 4.99. The molecule has 130 valence electrons. The van der Waals surface area contributed by atoms with Crippen LogP contribution in [-0.4, -0.2) is 33.4 Å². The van der Waals surface area contributed by atoms with Gasteiger partial charge in [-0.2, -0.15) is 0 Å². The quantitative estimate of drug-likeness (QED) is 0.424. The van der Waals surface area contributed by atoms with E-state index in [4.69, 9.17) is 16.3 Å². The molecule has 1 aromatic carbocycles. The molecular formula is C18H21ClO5. The van der Waals surface area contributed by atoms with Gasteiger partial charge in [0.15, 0.2) is 0 Å². The molecule has 6 heteroatoms. The summed E-state index contributed by atoms with van der Waals surface area (Å²) in [5.74, 6) is -1.50. The summed E-state index contributed by atoms with van der Waals surface area (Å²) in [7, 11) is 0.